The number of aryl methyl sites for hydroxylation is 1. The Balaban J connectivity index is 1.69. The van der Waals surface area contributed by atoms with E-state index in [1.165, 1.54) is 19.3 Å². The summed E-state index contributed by atoms with van der Waals surface area (Å²) in [6.07, 6.45) is 5.16. The number of carbonyl (C=O) groups is 1. The Kier molecular flexibility index (Phi) is 4.15. The molecule has 1 unspecified atom stereocenters. The first-order valence-electron chi connectivity index (χ1n) is 7.86. The first-order chi connectivity index (χ1) is 10.2. The predicted octanol–water partition coefficient (Wildman–Crippen LogP) is 2.62. The number of hydrogen-bond donors (Lipinski definition) is 1. The molecule has 0 bridgehead atoms. The SMILES string of the molecule is COc1ccc(C2NCC(=O)N2CCCC2CC2)cc1C. The van der Waals surface area contributed by atoms with Gasteiger partial charge in [-0.1, -0.05) is 18.9 Å². The fourth-order valence-corrected chi connectivity index (χ4v) is 3.12. The number of ether oxygens (including phenoxy) is 1. The van der Waals surface area contributed by atoms with E-state index < -0.39 is 0 Å². The largest absolute Gasteiger partial charge is 0.496 e. The van der Waals surface area contributed by atoms with Crippen LogP contribution in [0.25, 0.3) is 0 Å². The highest BCUT2D eigenvalue weighted by Gasteiger charge is 2.32. The molecular formula is C17H24N2O2. The summed E-state index contributed by atoms with van der Waals surface area (Å²) < 4.78 is 5.31. The predicted molar refractivity (Wildman–Crippen MR) is 82.1 cm³/mol. The van der Waals surface area contributed by atoms with Crippen molar-refractivity contribution in [3.63, 3.8) is 0 Å². The zero-order valence-electron chi connectivity index (χ0n) is 12.9. The Hall–Kier alpha value is -1.55. The van der Waals surface area contributed by atoms with E-state index in [0.717, 1.165) is 35.8 Å². The maximum atomic E-state index is 12.1. The maximum Gasteiger partial charge on any atom is 0.238 e. The van der Waals surface area contributed by atoms with Crippen LogP contribution in [0.2, 0.25) is 0 Å². The van der Waals surface area contributed by atoms with E-state index >= 15 is 0 Å². The lowest BCUT2D eigenvalue weighted by molar-refractivity contribution is -0.128. The minimum absolute atomic E-state index is 0.0151. The minimum Gasteiger partial charge on any atom is -0.496 e. The summed E-state index contributed by atoms with van der Waals surface area (Å²) in [6, 6.07) is 6.15. The Labute approximate surface area is 126 Å². The van der Waals surface area contributed by atoms with E-state index in [1.54, 1.807) is 7.11 Å². The van der Waals surface area contributed by atoms with Crippen molar-refractivity contribution < 1.29 is 9.53 Å². The van der Waals surface area contributed by atoms with Crippen molar-refractivity contribution in [2.45, 2.75) is 38.8 Å². The van der Waals surface area contributed by atoms with E-state index in [9.17, 15) is 4.79 Å². The van der Waals surface area contributed by atoms with Crippen molar-refractivity contribution in [3.8, 4) is 5.75 Å². The number of rotatable bonds is 6. The molecule has 1 saturated heterocycles. The highest BCUT2D eigenvalue weighted by Crippen LogP contribution is 2.34. The molecular weight excluding hydrogens is 264 g/mol. The molecule has 1 aromatic rings. The lowest BCUT2D eigenvalue weighted by atomic mass is 10.1. The molecule has 3 rings (SSSR count). The van der Waals surface area contributed by atoms with Gasteiger partial charge in [0.2, 0.25) is 5.91 Å². The van der Waals surface area contributed by atoms with E-state index in [1.807, 2.05) is 17.9 Å². The summed E-state index contributed by atoms with van der Waals surface area (Å²) in [7, 11) is 1.68. The summed E-state index contributed by atoms with van der Waals surface area (Å²) in [5.74, 6) is 2.03. The van der Waals surface area contributed by atoms with Crippen molar-refractivity contribution >= 4 is 5.91 Å². The van der Waals surface area contributed by atoms with Crippen LogP contribution in [0.1, 0.15) is 43.0 Å². The van der Waals surface area contributed by atoms with Gasteiger partial charge in [0.15, 0.2) is 0 Å². The Morgan fingerprint density at radius 2 is 2.19 bits per heavy atom. The molecule has 1 aliphatic carbocycles. The van der Waals surface area contributed by atoms with Crippen LogP contribution in [-0.2, 0) is 4.79 Å². The molecule has 1 atom stereocenters. The van der Waals surface area contributed by atoms with Crippen LogP contribution in [0.3, 0.4) is 0 Å². The quantitative estimate of drug-likeness (QED) is 0.875. The first-order valence-corrected chi connectivity index (χ1v) is 7.86. The molecule has 1 saturated carbocycles. The van der Waals surface area contributed by atoms with Crippen LogP contribution in [0.4, 0.5) is 0 Å². The van der Waals surface area contributed by atoms with Crippen LogP contribution in [0.5, 0.6) is 5.75 Å². The number of amides is 1. The summed E-state index contributed by atoms with van der Waals surface area (Å²) in [5.41, 5.74) is 2.25. The lowest BCUT2D eigenvalue weighted by Crippen LogP contribution is -2.31. The van der Waals surface area contributed by atoms with Gasteiger partial charge in [-0.05, 0) is 48.9 Å². The molecule has 0 aromatic heterocycles. The third-order valence-corrected chi connectivity index (χ3v) is 4.52. The lowest BCUT2D eigenvalue weighted by Gasteiger charge is -2.25. The van der Waals surface area contributed by atoms with Crippen molar-refractivity contribution in [2.24, 2.45) is 5.92 Å². The second-order valence-electron chi connectivity index (χ2n) is 6.19. The zero-order chi connectivity index (χ0) is 14.8. The molecule has 0 radical (unpaired) electrons. The van der Waals surface area contributed by atoms with Gasteiger partial charge >= 0.3 is 0 Å². The van der Waals surface area contributed by atoms with E-state index in [2.05, 4.69) is 17.4 Å². The summed E-state index contributed by atoms with van der Waals surface area (Å²) >= 11 is 0. The summed E-state index contributed by atoms with van der Waals surface area (Å²) in [5, 5.41) is 3.33. The van der Waals surface area contributed by atoms with Crippen LogP contribution < -0.4 is 10.1 Å². The van der Waals surface area contributed by atoms with Gasteiger partial charge in [0.1, 0.15) is 11.9 Å². The van der Waals surface area contributed by atoms with Gasteiger partial charge in [-0.15, -0.1) is 0 Å². The Bertz CT molecular complexity index is 526. The molecule has 1 N–H and O–H groups in total. The molecule has 0 spiro atoms. The van der Waals surface area contributed by atoms with E-state index in [-0.39, 0.29) is 12.1 Å². The topological polar surface area (TPSA) is 41.6 Å². The standard InChI is InChI=1S/C17H24N2O2/c1-12-10-14(7-8-15(12)21-2)17-18-11-16(20)19(17)9-3-4-13-5-6-13/h7-8,10,13,17-18H,3-6,9,11H2,1-2H3. The molecule has 1 aromatic carbocycles. The van der Waals surface area contributed by atoms with E-state index in [4.69, 9.17) is 4.74 Å². The fourth-order valence-electron chi connectivity index (χ4n) is 3.12. The smallest absolute Gasteiger partial charge is 0.238 e. The van der Waals surface area contributed by atoms with Gasteiger partial charge in [0.25, 0.3) is 0 Å². The van der Waals surface area contributed by atoms with Crippen LogP contribution in [0.15, 0.2) is 18.2 Å². The number of nitrogens with zero attached hydrogens (tertiary/aromatic N) is 1. The zero-order valence-corrected chi connectivity index (χ0v) is 12.9. The normalized spacial score (nSPS) is 21.9. The maximum absolute atomic E-state index is 12.1. The Morgan fingerprint density at radius 1 is 1.38 bits per heavy atom. The van der Waals surface area contributed by atoms with Gasteiger partial charge in [0, 0.05) is 6.54 Å². The number of methoxy groups -OCH3 is 1. The number of nitrogens with one attached hydrogen (secondary N) is 1. The molecule has 1 amide bonds. The van der Waals surface area contributed by atoms with Crippen LogP contribution in [-0.4, -0.2) is 31.0 Å². The molecule has 4 heteroatoms. The number of hydrogen-bond acceptors (Lipinski definition) is 3. The van der Waals surface area contributed by atoms with Gasteiger partial charge in [-0.25, -0.2) is 0 Å². The molecule has 1 heterocycles. The molecule has 2 aliphatic rings. The molecule has 2 fully saturated rings. The van der Waals surface area contributed by atoms with E-state index in [0.29, 0.717) is 6.54 Å². The molecule has 21 heavy (non-hydrogen) atoms. The first kappa shape index (κ1) is 14.4. The third kappa shape index (κ3) is 3.21. The van der Waals surface area contributed by atoms with Gasteiger partial charge in [-0.3, -0.25) is 10.1 Å². The van der Waals surface area contributed by atoms with Crippen molar-refractivity contribution in [1.29, 1.82) is 0 Å². The van der Waals surface area contributed by atoms with Crippen molar-refractivity contribution in [1.82, 2.24) is 10.2 Å². The van der Waals surface area contributed by atoms with Gasteiger partial charge < -0.3 is 9.64 Å². The molecule has 114 valence electrons. The molecule has 4 nitrogen and oxygen atoms in total. The summed E-state index contributed by atoms with van der Waals surface area (Å²) in [6.45, 7) is 3.34. The average molecular weight is 288 g/mol. The third-order valence-electron chi connectivity index (χ3n) is 4.52. The summed E-state index contributed by atoms with van der Waals surface area (Å²) in [4.78, 5) is 14.1. The van der Waals surface area contributed by atoms with Crippen molar-refractivity contribution in [3.05, 3.63) is 29.3 Å². The Morgan fingerprint density at radius 3 is 2.86 bits per heavy atom. The monoisotopic (exact) mass is 288 g/mol. The fraction of sp³-hybridized carbons (Fsp3) is 0.588. The highest BCUT2D eigenvalue weighted by molar-refractivity contribution is 5.81. The minimum atomic E-state index is 0.0151. The number of benzene rings is 1. The van der Waals surface area contributed by atoms with Crippen LogP contribution in [0, 0.1) is 12.8 Å². The highest BCUT2D eigenvalue weighted by atomic mass is 16.5. The second-order valence-corrected chi connectivity index (χ2v) is 6.19. The van der Waals surface area contributed by atoms with Gasteiger partial charge in [0.05, 0.1) is 13.7 Å². The average Bonchev–Trinajstić information content (AvgIpc) is 3.23. The van der Waals surface area contributed by atoms with Gasteiger partial charge in [-0.2, -0.15) is 0 Å². The number of carbonyl (C=O) groups excluding carboxylic acids is 1. The second kappa shape index (κ2) is 6.06. The van der Waals surface area contributed by atoms with Crippen molar-refractivity contribution in [2.75, 3.05) is 20.2 Å². The van der Waals surface area contributed by atoms with Crippen LogP contribution >= 0.6 is 0 Å². The molecule has 1 aliphatic heterocycles.